The quantitative estimate of drug-likeness (QED) is 0.738. The molecule has 0 radical (unpaired) electrons. The van der Waals surface area contributed by atoms with Crippen molar-refractivity contribution in [3.63, 3.8) is 0 Å². The highest BCUT2D eigenvalue weighted by molar-refractivity contribution is 4.78. The molecule has 1 rings (SSSR count). The van der Waals surface area contributed by atoms with Crippen molar-refractivity contribution in [3.8, 4) is 0 Å². The number of piperidine rings is 1. The molecule has 1 fully saturated rings. The predicted molar refractivity (Wildman–Crippen MR) is 64.0 cm³/mol. The average Bonchev–Trinajstić information content (AvgIpc) is 2.09. The van der Waals surface area contributed by atoms with Crippen molar-refractivity contribution in [3.05, 3.63) is 0 Å². The van der Waals surface area contributed by atoms with Gasteiger partial charge >= 0.3 is 0 Å². The topological polar surface area (TPSA) is 35.5 Å². The van der Waals surface area contributed by atoms with Gasteiger partial charge in [-0.3, -0.25) is 0 Å². The smallest absolute Gasteiger partial charge is 0.0590 e. The van der Waals surface area contributed by atoms with Crippen molar-refractivity contribution in [2.24, 2.45) is 5.92 Å². The third-order valence-electron chi connectivity index (χ3n) is 3.03. The van der Waals surface area contributed by atoms with Gasteiger partial charge in [-0.25, -0.2) is 0 Å². The minimum Gasteiger partial charge on any atom is -0.393 e. The minimum absolute atomic E-state index is 0.0863. The van der Waals surface area contributed by atoms with Gasteiger partial charge < -0.3 is 15.3 Å². The van der Waals surface area contributed by atoms with Crippen molar-refractivity contribution in [1.82, 2.24) is 10.2 Å². The second-order valence-corrected chi connectivity index (χ2v) is 5.81. The zero-order chi connectivity index (χ0) is 11.5. The lowest BCUT2D eigenvalue weighted by atomic mass is 9.97. The van der Waals surface area contributed by atoms with Crippen LogP contribution in [0.5, 0.6) is 0 Å². The maximum absolute atomic E-state index is 9.61. The van der Waals surface area contributed by atoms with E-state index in [0.717, 1.165) is 32.6 Å². The molecule has 1 heterocycles. The second kappa shape index (κ2) is 5.28. The molecule has 15 heavy (non-hydrogen) atoms. The first-order valence-electron chi connectivity index (χ1n) is 6.04. The lowest BCUT2D eigenvalue weighted by Crippen LogP contribution is -2.46. The monoisotopic (exact) mass is 214 g/mol. The predicted octanol–water partition coefficient (Wildman–Crippen LogP) is 1.08. The zero-order valence-electron chi connectivity index (χ0n) is 10.6. The molecule has 0 aromatic rings. The maximum Gasteiger partial charge on any atom is 0.0590 e. The molecular weight excluding hydrogens is 188 g/mol. The van der Waals surface area contributed by atoms with Crippen molar-refractivity contribution in [1.29, 1.82) is 0 Å². The van der Waals surface area contributed by atoms with Crippen LogP contribution in [0.25, 0.3) is 0 Å². The van der Waals surface area contributed by atoms with Gasteiger partial charge in [-0.05, 0) is 33.1 Å². The summed E-state index contributed by atoms with van der Waals surface area (Å²) in [6, 6.07) is 0. The third kappa shape index (κ3) is 4.96. The molecule has 90 valence electrons. The first-order chi connectivity index (χ1) is 6.88. The molecule has 0 amide bonds. The van der Waals surface area contributed by atoms with Gasteiger partial charge in [0.15, 0.2) is 0 Å². The molecule has 0 aromatic carbocycles. The molecule has 3 heteroatoms. The maximum atomic E-state index is 9.61. The summed E-state index contributed by atoms with van der Waals surface area (Å²) in [5.74, 6) is 0.424. The average molecular weight is 214 g/mol. The number of aliphatic hydroxyl groups excluding tert-OH is 1. The van der Waals surface area contributed by atoms with Crippen molar-refractivity contribution in [2.45, 2.75) is 45.8 Å². The van der Waals surface area contributed by atoms with E-state index in [1.54, 1.807) is 0 Å². The van der Waals surface area contributed by atoms with E-state index >= 15 is 0 Å². The Morgan fingerprint density at radius 1 is 1.40 bits per heavy atom. The number of aliphatic hydroxyl groups is 1. The van der Waals surface area contributed by atoms with Crippen LogP contribution in [0.2, 0.25) is 0 Å². The molecule has 0 aromatic heterocycles. The van der Waals surface area contributed by atoms with Crippen molar-refractivity contribution in [2.75, 3.05) is 26.2 Å². The Balaban J connectivity index is 2.17. The van der Waals surface area contributed by atoms with Crippen LogP contribution in [-0.2, 0) is 0 Å². The Morgan fingerprint density at radius 3 is 2.60 bits per heavy atom. The number of likely N-dealkylation sites (tertiary alicyclic amines) is 1. The number of nitrogens with zero attached hydrogens (tertiary/aromatic N) is 1. The van der Waals surface area contributed by atoms with E-state index in [9.17, 15) is 5.11 Å². The minimum atomic E-state index is -0.0863. The summed E-state index contributed by atoms with van der Waals surface area (Å²) in [7, 11) is 0. The molecule has 1 saturated heterocycles. The SMILES string of the molecule is CC1CN(CCNC(C)(C)C)CCC1O. The Kier molecular flexibility index (Phi) is 4.56. The molecule has 1 aliphatic heterocycles. The molecule has 3 nitrogen and oxygen atoms in total. The summed E-state index contributed by atoms with van der Waals surface area (Å²) < 4.78 is 0. The van der Waals surface area contributed by atoms with Gasteiger partial charge in [0.2, 0.25) is 0 Å². The van der Waals surface area contributed by atoms with Crippen LogP contribution in [0, 0.1) is 5.92 Å². The van der Waals surface area contributed by atoms with Crippen LogP contribution in [0.1, 0.15) is 34.1 Å². The van der Waals surface area contributed by atoms with Gasteiger partial charge in [0.05, 0.1) is 6.10 Å². The van der Waals surface area contributed by atoms with Gasteiger partial charge in [-0.1, -0.05) is 6.92 Å². The fraction of sp³-hybridized carbons (Fsp3) is 1.00. The van der Waals surface area contributed by atoms with Gasteiger partial charge in [-0.2, -0.15) is 0 Å². The van der Waals surface area contributed by atoms with E-state index in [2.05, 4.69) is 37.9 Å². The molecule has 0 aliphatic carbocycles. The number of hydrogen-bond donors (Lipinski definition) is 2. The van der Waals surface area contributed by atoms with Crippen LogP contribution in [-0.4, -0.2) is 47.8 Å². The summed E-state index contributed by atoms with van der Waals surface area (Å²) in [5, 5.41) is 13.1. The van der Waals surface area contributed by atoms with Crippen LogP contribution in [0.4, 0.5) is 0 Å². The molecular formula is C12H26N2O. The Morgan fingerprint density at radius 2 is 2.07 bits per heavy atom. The summed E-state index contributed by atoms with van der Waals surface area (Å²) in [5.41, 5.74) is 0.209. The van der Waals surface area contributed by atoms with E-state index in [-0.39, 0.29) is 11.6 Å². The van der Waals surface area contributed by atoms with Crippen LogP contribution < -0.4 is 5.32 Å². The van der Waals surface area contributed by atoms with E-state index in [1.807, 2.05) is 0 Å². The van der Waals surface area contributed by atoms with Crippen LogP contribution in [0.3, 0.4) is 0 Å². The van der Waals surface area contributed by atoms with E-state index in [4.69, 9.17) is 0 Å². The van der Waals surface area contributed by atoms with E-state index in [1.165, 1.54) is 0 Å². The first-order valence-corrected chi connectivity index (χ1v) is 6.04. The molecule has 2 N–H and O–H groups in total. The Hall–Kier alpha value is -0.120. The largest absolute Gasteiger partial charge is 0.393 e. The molecule has 2 unspecified atom stereocenters. The second-order valence-electron chi connectivity index (χ2n) is 5.81. The van der Waals surface area contributed by atoms with Gasteiger partial charge in [0.1, 0.15) is 0 Å². The van der Waals surface area contributed by atoms with Crippen LogP contribution in [0.15, 0.2) is 0 Å². The highest BCUT2D eigenvalue weighted by Crippen LogP contribution is 2.15. The summed E-state index contributed by atoms with van der Waals surface area (Å²) >= 11 is 0. The zero-order valence-corrected chi connectivity index (χ0v) is 10.6. The Bertz CT molecular complexity index is 189. The summed E-state index contributed by atoms with van der Waals surface area (Å²) in [6.07, 6.45) is 0.841. The number of rotatable bonds is 3. The summed E-state index contributed by atoms with van der Waals surface area (Å²) in [6.45, 7) is 12.9. The van der Waals surface area contributed by atoms with E-state index < -0.39 is 0 Å². The fourth-order valence-electron chi connectivity index (χ4n) is 2.01. The molecule has 2 atom stereocenters. The van der Waals surface area contributed by atoms with Gasteiger partial charge in [0, 0.05) is 31.7 Å². The standard InChI is InChI=1S/C12H26N2O/c1-10-9-14(7-5-11(10)15)8-6-13-12(2,3)4/h10-11,13,15H,5-9H2,1-4H3. The van der Waals surface area contributed by atoms with Crippen molar-refractivity contribution >= 4 is 0 Å². The fourth-order valence-corrected chi connectivity index (χ4v) is 2.01. The normalized spacial score (nSPS) is 29.4. The van der Waals surface area contributed by atoms with Crippen LogP contribution >= 0.6 is 0 Å². The van der Waals surface area contributed by atoms with Crippen molar-refractivity contribution < 1.29 is 5.11 Å². The molecule has 1 aliphatic rings. The third-order valence-corrected chi connectivity index (χ3v) is 3.03. The van der Waals surface area contributed by atoms with Gasteiger partial charge in [0.25, 0.3) is 0 Å². The highest BCUT2D eigenvalue weighted by atomic mass is 16.3. The first kappa shape index (κ1) is 12.9. The molecule has 0 saturated carbocycles. The summed E-state index contributed by atoms with van der Waals surface area (Å²) in [4.78, 5) is 2.44. The van der Waals surface area contributed by atoms with Gasteiger partial charge in [-0.15, -0.1) is 0 Å². The number of nitrogens with one attached hydrogen (secondary N) is 1. The lowest BCUT2D eigenvalue weighted by Gasteiger charge is -2.35. The number of hydrogen-bond acceptors (Lipinski definition) is 3. The highest BCUT2D eigenvalue weighted by Gasteiger charge is 2.23. The molecule has 0 spiro atoms. The molecule has 0 bridgehead atoms. The lowest BCUT2D eigenvalue weighted by molar-refractivity contribution is 0.0350. The van der Waals surface area contributed by atoms with E-state index in [0.29, 0.717) is 5.92 Å². The Labute approximate surface area is 93.9 Å².